The van der Waals surface area contributed by atoms with Gasteiger partial charge in [0, 0.05) is 6.04 Å². The first-order chi connectivity index (χ1) is 6.43. The van der Waals surface area contributed by atoms with Crippen molar-refractivity contribution < 1.29 is 4.42 Å². The molecule has 0 spiro atoms. The standard InChI is InChI=1S/C11H15NO/c1-3-9-7-11(9)12(5-1)8-10-4-2-6-13-10/h2,4,6,9,11H,1,3,5,7-8H2/t9-,11+/m1/s1. The molecule has 1 aromatic rings. The molecule has 2 atom stereocenters. The normalized spacial score (nSPS) is 32.9. The molecule has 1 saturated carbocycles. The number of hydrogen-bond acceptors (Lipinski definition) is 2. The zero-order chi connectivity index (χ0) is 8.67. The lowest BCUT2D eigenvalue weighted by Gasteiger charge is -2.25. The minimum absolute atomic E-state index is 0.888. The molecule has 2 nitrogen and oxygen atoms in total. The first-order valence-electron chi connectivity index (χ1n) is 5.20. The van der Waals surface area contributed by atoms with Crippen LogP contribution < -0.4 is 0 Å². The second-order valence-corrected chi connectivity index (χ2v) is 4.26. The Hall–Kier alpha value is -0.760. The Morgan fingerprint density at radius 1 is 1.54 bits per heavy atom. The molecule has 2 aliphatic rings. The summed E-state index contributed by atoms with van der Waals surface area (Å²) in [6, 6.07) is 4.94. The van der Waals surface area contributed by atoms with Gasteiger partial charge in [0.25, 0.3) is 0 Å². The molecular formula is C11H15NO. The van der Waals surface area contributed by atoms with Gasteiger partial charge in [-0.3, -0.25) is 4.90 Å². The molecule has 1 aromatic heterocycles. The van der Waals surface area contributed by atoms with E-state index in [4.69, 9.17) is 4.42 Å². The van der Waals surface area contributed by atoms with Gasteiger partial charge in [0.2, 0.25) is 0 Å². The van der Waals surface area contributed by atoms with Crippen LogP contribution in [-0.2, 0) is 6.54 Å². The van der Waals surface area contributed by atoms with Gasteiger partial charge in [-0.25, -0.2) is 0 Å². The molecule has 70 valence electrons. The Morgan fingerprint density at radius 2 is 2.54 bits per heavy atom. The van der Waals surface area contributed by atoms with Crippen molar-refractivity contribution in [2.24, 2.45) is 5.92 Å². The summed E-state index contributed by atoms with van der Waals surface area (Å²) in [6.07, 6.45) is 6.03. The van der Waals surface area contributed by atoms with Crippen molar-refractivity contribution in [3.63, 3.8) is 0 Å². The quantitative estimate of drug-likeness (QED) is 0.689. The largest absolute Gasteiger partial charge is 0.468 e. The Balaban J connectivity index is 1.66. The van der Waals surface area contributed by atoms with Crippen LogP contribution in [0.2, 0.25) is 0 Å². The van der Waals surface area contributed by atoms with Gasteiger partial charge in [-0.15, -0.1) is 0 Å². The smallest absolute Gasteiger partial charge is 0.117 e. The predicted molar refractivity (Wildman–Crippen MR) is 50.2 cm³/mol. The molecule has 0 aromatic carbocycles. The fourth-order valence-corrected chi connectivity index (χ4v) is 2.51. The van der Waals surface area contributed by atoms with Gasteiger partial charge in [0.15, 0.2) is 0 Å². The third-order valence-electron chi connectivity index (χ3n) is 3.31. The second-order valence-electron chi connectivity index (χ2n) is 4.26. The Labute approximate surface area is 78.5 Å². The van der Waals surface area contributed by atoms with Gasteiger partial charge in [0.05, 0.1) is 12.8 Å². The summed E-state index contributed by atoms with van der Waals surface area (Å²) in [6.45, 7) is 2.29. The maximum absolute atomic E-state index is 5.36. The highest BCUT2D eigenvalue weighted by Gasteiger charge is 2.43. The highest BCUT2D eigenvalue weighted by molar-refractivity contribution is 5.03. The van der Waals surface area contributed by atoms with E-state index in [9.17, 15) is 0 Å². The zero-order valence-electron chi connectivity index (χ0n) is 7.78. The third kappa shape index (κ3) is 1.39. The number of rotatable bonds is 2. The number of piperidine rings is 1. The second kappa shape index (κ2) is 2.88. The van der Waals surface area contributed by atoms with Gasteiger partial charge in [-0.1, -0.05) is 0 Å². The fourth-order valence-electron chi connectivity index (χ4n) is 2.51. The summed E-state index contributed by atoms with van der Waals surface area (Å²) in [5.74, 6) is 2.14. The zero-order valence-corrected chi connectivity index (χ0v) is 7.78. The maximum atomic E-state index is 5.36. The molecule has 2 heteroatoms. The Bertz CT molecular complexity index is 280. The van der Waals surface area contributed by atoms with Crippen LogP contribution in [0.25, 0.3) is 0 Å². The van der Waals surface area contributed by atoms with Crippen LogP contribution in [0.1, 0.15) is 25.0 Å². The minimum atomic E-state index is 0.888. The molecule has 1 aliphatic heterocycles. The lowest BCUT2D eigenvalue weighted by molar-refractivity contribution is 0.192. The number of nitrogens with zero attached hydrogens (tertiary/aromatic N) is 1. The SMILES string of the molecule is c1coc(CN2CCC[C@@H]3C[C@@H]32)c1. The van der Waals surface area contributed by atoms with E-state index in [1.807, 2.05) is 6.07 Å². The fraction of sp³-hybridized carbons (Fsp3) is 0.636. The van der Waals surface area contributed by atoms with Crippen LogP contribution in [0, 0.1) is 5.92 Å². The molecule has 0 unspecified atom stereocenters. The van der Waals surface area contributed by atoms with Gasteiger partial charge >= 0.3 is 0 Å². The van der Waals surface area contributed by atoms with E-state index in [0.717, 1.165) is 24.3 Å². The lowest BCUT2D eigenvalue weighted by atomic mass is 10.1. The molecule has 2 fully saturated rings. The molecule has 13 heavy (non-hydrogen) atoms. The highest BCUT2D eigenvalue weighted by atomic mass is 16.3. The average Bonchev–Trinajstić information content (AvgIpc) is 2.77. The molecule has 3 rings (SSSR count). The van der Waals surface area contributed by atoms with Crippen molar-refractivity contribution >= 4 is 0 Å². The predicted octanol–water partition coefficient (Wildman–Crippen LogP) is 2.26. The maximum Gasteiger partial charge on any atom is 0.117 e. The van der Waals surface area contributed by atoms with Crippen LogP contribution >= 0.6 is 0 Å². The summed E-state index contributed by atoms with van der Waals surface area (Å²) in [5.41, 5.74) is 0. The van der Waals surface area contributed by atoms with Crippen LogP contribution in [0.5, 0.6) is 0 Å². The van der Waals surface area contributed by atoms with E-state index >= 15 is 0 Å². The topological polar surface area (TPSA) is 16.4 Å². The van der Waals surface area contributed by atoms with Crippen molar-refractivity contribution in [3.05, 3.63) is 24.2 Å². The number of fused-ring (bicyclic) bond motifs is 1. The van der Waals surface area contributed by atoms with E-state index in [0.29, 0.717) is 0 Å². The summed E-state index contributed by atoms with van der Waals surface area (Å²) in [7, 11) is 0. The molecule has 1 aliphatic carbocycles. The highest BCUT2D eigenvalue weighted by Crippen LogP contribution is 2.43. The van der Waals surface area contributed by atoms with E-state index in [1.54, 1.807) is 6.26 Å². The van der Waals surface area contributed by atoms with Crippen LogP contribution in [0.3, 0.4) is 0 Å². The van der Waals surface area contributed by atoms with E-state index in [2.05, 4.69) is 11.0 Å². The first kappa shape index (κ1) is 7.63. The molecule has 0 amide bonds. The monoisotopic (exact) mass is 177 g/mol. The summed E-state index contributed by atoms with van der Waals surface area (Å²) in [4.78, 5) is 2.58. The van der Waals surface area contributed by atoms with E-state index in [-0.39, 0.29) is 0 Å². The molecule has 0 bridgehead atoms. The number of likely N-dealkylation sites (tertiary alicyclic amines) is 1. The van der Waals surface area contributed by atoms with Crippen molar-refractivity contribution in [1.29, 1.82) is 0 Å². The average molecular weight is 177 g/mol. The summed E-state index contributed by atoms with van der Waals surface area (Å²) < 4.78 is 5.36. The van der Waals surface area contributed by atoms with Crippen molar-refractivity contribution in [2.45, 2.75) is 31.8 Å². The van der Waals surface area contributed by atoms with Crippen molar-refractivity contribution in [2.75, 3.05) is 6.54 Å². The third-order valence-corrected chi connectivity index (χ3v) is 3.31. The minimum Gasteiger partial charge on any atom is -0.468 e. The first-order valence-corrected chi connectivity index (χ1v) is 5.20. The number of hydrogen-bond donors (Lipinski definition) is 0. The molecule has 1 saturated heterocycles. The summed E-state index contributed by atoms with van der Waals surface area (Å²) >= 11 is 0. The molecular weight excluding hydrogens is 162 g/mol. The number of furan rings is 1. The van der Waals surface area contributed by atoms with Crippen LogP contribution in [-0.4, -0.2) is 17.5 Å². The lowest BCUT2D eigenvalue weighted by Crippen LogP contribution is -2.30. The Kier molecular flexibility index (Phi) is 1.69. The van der Waals surface area contributed by atoms with Crippen LogP contribution in [0.15, 0.2) is 22.8 Å². The van der Waals surface area contributed by atoms with Gasteiger partial charge in [-0.2, -0.15) is 0 Å². The van der Waals surface area contributed by atoms with E-state index < -0.39 is 0 Å². The molecule has 2 heterocycles. The summed E-state index contributed by atoms with van der Waals surface area (Å²) in [5, 5.41) is 0. The van der Waals surface area contributed by atoms with Gasteiger partial charge < -0.3 is 4.42 Å². The molecule has 0 N–H and O–H groups in total. The van der Waals surface area contributed by atoms with E-state index in [1.165, 1.54) is 25.8 Å². The van der Waals surface area contributed by atoms with Crippen molar-refractivity contribution in [1.82, 2.24) is 4.90 Å². The van der Waals surface area contributed by atoms with Gasteiger partial charge in [0.1, 0.15) is 5.76 Å². The molecule has 0 radical (unpaired) electrons. The van der Waals surface area contributed by atoms with Gasteiger partial charge in [-0.05, 0) is 43.9 Å². The Morgan fingerprint density at radius 3 is 3.38 bits per heavy atom. The van der Waals surface area contributed by atoms with Crippen LogP contribution in [0.4, 0.5) is 0 Å². The van der Waals surface area contributed by atoms with Crippen molar-refractivity contribution in [3.8, 4) is 0 Å².